The molecular formula is C18H28Cl2O3. The Morgan fingerprint density at radius 2 is 1.70 bits per heavy atom. The van der Waals surface area contributed by atoms with Gasteiger partial charge < -0.3 is 14.2 Å². The van der Waals surface area contributed by atoms with Crippen molar-refractivity contribution in [1.82, 2.24) is 0 Å². The van der Waals surface area contributed by atoms with E-state index in [-0.39, 0.29) is 0 Å². The molecule has 1 atom stereocenters. The third-order valence-corrected chi connectivity index (χ3v) is 3.92. The van der Waals surface area contributed by atoms with Crippen LogP contribution in [0.2, 0.25) is 0 Å². The fourth-order valence-corrected chi connectivity index (χ4v) is 2.38. The lowest BCUT2D eigenvalue weighted by Crippen LogP contribution is -2.12. The second-order valence-electron chi connectivity index (χ2n) is 5.41. The Labute approximate surface area is 150 Å². The summed E-state index contributed by atoms with van der Waals surface area (Å²) in [7, 11) is 0. The van der Waals surface area contributed by atoms with Crippen molar-refractivity contribution in [2.45, 2.75) is 39.5 Å². The van der Waals surface area contributed by atoms with Crippen LogP contribution in [0.5, 0.6) is 17.2 Å². The lowest BCUT2D eigenvalue weighted by atomic mass is 10.0. The summed E-state index contributed by atoms with van der Waals surface area (Å²) >= 11 is 11.4. The average molecular weight is 363 g/mol. The number of alkyl halides is 2. The fourth-order valence-electron chi connectivity index (χ4n) is 2.22. The van der Waals surface area contributed by atoms with Gasteiger partial charge in [-0.25, -0.2) is 0 Å². The number of benzene rings is 1. The van der Waals surface area contributed by atoms with Gasteiger partial charge in [-0.3, -0.25) is 0 Å². The summed E-state index contributed by atoms with van der Waals surface area (Å²) in [4.78, 5) is 0. The third-order valence-electron chi connectivity index (χ3n) is 3.61. The van der Waals surface area contributed by atoms with Crippen LogP contribution in [-0.4, -0.2) is 31.6 Å². The monoisotopic (exact) mass is 362 g/mol. The second-order valence-corrected chi connectivity index (χ2v) is 6.17. The van der Waals surface area contributed by atoms with Gasteiger partial charge in [0.1, 0.15) is 19.0 Å². The first-order valence-corrected chi connectivity index (χ1v) is 9.46. The molecule has 5 heteroatoms. The summed E-state index contributed by atoms with van der Waals surface area (Å²) in [6, 6.07) is 5.58. The maximum atomic E-state index is 6.02. The predicted molar refractivity (Wildman–Crippen MR) is 97.7 cm³/mol. The molecule has 0 bridgehead atoms. The Hall–Kier alpha value is -0.800. The van der Waals surface area contributed by atoms with Crippen molar-refractivity contribution in [3.63, 3.8) is 0 Å². The molecule has 0 aliphatic heterocycles. The first kappa shape index (κ1) is 20.2. The smallest absolute Gasteiger partial charge is 0.164 e. The summed E-state index contributed by atoms with van der Waals surface area (Å²) in [5.74, 6) is 3.60. The van der Waals surface area contributed by atoms with Crippen molar-refractivity contribution >= 4 is 23.2 Å². The van der Waals surface area contributed by atoms with Crippen LogP contribution >= 0.6 is 23.2 Å². The van der Waals surface area contributed by atoms with Crippen molar-refractivity contribution in [3.8, 4) is 17.2 Å². The van der Waals surface area contributed by atoms with E-state index in [0.717, 1.165) is 12.2 Å². The second kappa shape index (κ2) is 12.6. The number of halogens is 2. The van der Waals surface area contributed by atoms with Gasteiger partial charge in [-0.15, -0.1) is 23.2 Å². The molecule has 0 saturated carbocycles. The zero-order valence-electron chi connectivity index (χ0n) is 14.2. The predicted octanol–water partition coefficient (Wildman–Crippen LogP) is 5.52. The Kier molecular flexibility index (Phi) is 11.1. The Morgan fingerprint density at radius 1 is 0.957 bits per heavy atom. The lowest BCUT2D eigenvalue weighted by Gasteiger charge is -2.18. The van der Waals surface area contributed by atoms with Crippen molar-refractivity contribution < 1.29 is 14.2 Å². The van der Waals surface area contributed by atoms with Crippen LogP contribution in [-0.2, 0) is 0 Å². The highest BCUT2D eigenvalue weighted by Gasteiger charge is 2.12. The van der Waals surface area contributed by atoms with E-state index in [1.165, 1.54) is 19.3 Å². The highest BCUT2D eigenvalue weighted by atomic mass is 35.5. The van der Waals surface area contributed by atoms with Crippen LogP contribution in [0, 0.1) is 5.92 Å². The van der Waals surface area contributed by atoms with Gasteiger partial charge in [-0.1, -0.05) is 33.1 Å². The summed E-state index contributed by atoms with van der Waals surface area (Å²) in [6.07, 6.45) is 4.74. The fraction of sp³-hybridized carbons (Fsp3) is 0.667. The topological polar surface area (TPSA) is 27.7 Å². The van der Waals surface area contributed by atoms with Gasteiger partial charge >= 0.3 is 0 Å². The summed E-state index contributed by atoms with van der Waals surface area (Å²) in [6.45, 7) is 6.02. The molecule has 1 aromatic rings. The Morgan fingerprint density at radius 3 is 2.35 bits per heavy atom. The molecule has 3 nitrogen and oxygen atoms in total. The first-order valence-electron chi connectivity index (χ1n) is 8.39. The third kappa shape index (κ3) is 8.03. The lowest BCUT2D eigenvalue weighted by molar-refractivity contribution is 0.218. The molecule has 132 valence electrons. The van der Waals surface area contributed by atoms with Crippen molar-refractivity contribution in [2.24, 2.45) is 5.92 Å². The largest absolute Gasteiger partial charge is 0.492 e. The van der Waals surface area contributed by atoms with Crippen LogP contribution in [0.1, 0.15) is 39.5 Å². The van der Waals surface area contributed by atoms with Crippen LogP contribution in [0.15, 0.2) is 18.2 Å². The molecule has 1 aromatic carbocycles. The van der Waals surface area contributed by atoms with Gasteiger partial charge in [0.05, 0.1) is 18.4 Å². The highest BCUT2D eigenvalue weighted by Crippen LogP contribution is 2.32. The quantitative estimate of drug-likeness (QED) is 0.432. The van der Waals surface area contributed by atoms with E-state index in [2.05, 4.69) is 13.8 Å². The van der Waals surface area contributed by atoms with Crippen LogP contribution in [0.25, 0.3) is 0 Å². The van der Waals surface area contributed by atoms with Gasteiger partial charge in [0.15, 0.2) is 11.5 Å². The van der Waals surface area contributed by atoms with E-state index in [1.54, 1.807) is 0 Å². The zero-order chi connectivity index (χ0) is 16.9. The Balaban J connectivity index is 2.73. The van der Waals surface area contributed by atoms with Gasteiger partial charge in [0.2, 0.25) is 0 Å². The number of hydrogen-bond donors (Lipinski definition) is 0. The molecule has 0 aliphatic rings. The molecular weight excluding hydrogens is 335 g/mol. The summed E-state index contributed by atoms with van der Waals surface area (Å²) in [5.41, 5.74) is 0. The van der Waals surface area contributed by atoms with Gasteiger partial charge in [0, 0.05) is 6.07 Å². The molecule has 0 fully saturated rings. The average Bonchev–Trinajstić information content (AvgIpc) is 2.59. The first-order chi connectivity index (χ1) is 11.2. The number of ether oxygens (including phenoxy) is 3. The minimum Gasteiger partial charge on any atom is -0.492 e. The van der Waals surface area contributed by atoms with Crippen molar-refractivity contribution in [2.75, 3.05) is 31.6 Å². The van der Waals surface area contributed by atoms with Gasteiger partial charge in [-0.05, 0) is 24.5 Å². The minimum absolute atomic E-state index is 0.442. The molecule has 1 unspecified atom stereocenters. The normalized spacial score (nSPS) is 12.0. The number of hydrogen-bond acceptors (Lipinski definition) is 3. The van der Waals surface area contributed by atoms with E-state index in [0.29, 0.717) is 49.0 Å². The summed E-state index contributed by atoms with van der Waals surface area (Å²) in [5, 5.41) is 0. The Bertz CT molecular complexity index is 427. The van der Waals surface area contributed by atoms with E-state index in [9.17, 15) is 0 Å². The van der Waals surface area contributed by atoms with Crippen molar-refractivity contribution in [1.29, 1.82) is 0 Å². The molecule has 0 N–H and O–H groups in total. The summed E-state index contributed by atoms with van der Waals surface area (Å²) < 4.78 is 17.2. The number of rotatable bonds is 13. The molecule has 0 spiro atoms. The minimum atomic E-state index is 0.442. The van der Waals surface area contributed by atoms with Crippen LogP contribution in [0.4, 0.5) is 0 Å². The van der Waals surface area contributed by atoms with E-state index in [4.69, 9.17) is 37.4 Å². The van der Waals surface area contributed by atoms with E-state index >= 15 is 0 Å². The van der Waals surface area contributed by atoms with Crippen LogP contribution in [0.3, 0.4) is 0 Å². The van der Waals surface area contributed by atoms with Crippen molar-refractivity contribution in [3.05, 3.63) is 18.2 Å². The molecule has 0 aromatic heterocycles. The molecule has 0 amide bonds. The van der Waals surface area contributed by atoms with Crippen LogP contribution < -0.4 is 14.2 Å². The molecule has 1 rings (SSSR count). The number of unbranched alkanes of at least 4 members (excludes halogenated alkanes) is 1. The molecule has 0 aliphatic carbocycles. The van der Waals surface area contributed by atoms with E-state index in [1.807, 2.05) is 18.2 Å². The zero-order valence-corrected chi connectivity index (χ0v) is 15.7. The highest BCUT2D eigenvalue weighted by molar-refractivity contribution is 6.18. The SMILES string of the molecule is CCCCC(CC)COc1cc(OCCCl)ccc1OCCCl. The van der Waals surface area contributed by atoms with Gasteiger partial charge in [-0.2, -0.15) is 0 Å². The van der Waals surface area contributed by atoms with Gasteiger partial charge in [0.25, 0.3) is 0 Å². The van der Waals surface area contributed by atoms with E-state index < -0.39 is 0 Å². The standard InChI is InChI=1S/C18H28Cl2O3/c1-3-5-6-15(4-2)14-23-18-13-16(21-11-9-19)7-8-17(18)22-12-10-20/h7-8,13,15H,3-6,9-12,14H2,1-2H3. The maximum absolute atomic E-state index is 6.02. The molecule has 0 radical (unpaired) electrons. The molecule has 0 heterocycles. The molecule has 0 saturated heterocycles. The molecule has 23 heavy (non-hydrogen) atoms. The maximum Gasteiger partial charge on any atom is 0.164 e.